The van der Waals surface area contributed by atoms with Crippen molar-refractivity contribution in [2.24, 2.45) is 16.6 Å². The second kappa shape index (κ2) is 7.93. The van der Waals surface area contributed by atoms with Gasteiger partial charge in [-0.15, -0.1) is 0 Å². The molecule has 1 aromatic heterocycles. The number of benzene rings is 1. The number of rotatable bonds is 4. The van der Waals surface area contributed by atoms with E-state index in [9.17, 15) is 9.18 Å². The molecule has 1 aliphatic carbocycles. The van der Waals surface area contributed by atoms with Crippen LogP contribution in [0.2, 0.25) is 5.02 Å². The highest BCUT2D eigenvalue weighted by Gasteiger charge is 2.52. The van der Waals surface area contributed by atoms with Crippen LogP contribution in [0.15, 0.2) is 41.5 Å². The predicted octanol–water partition coefficient (Wildman–Crippen LogP) is 3.81. The molecule has 29 heavy (non-hydrogen) atoms. The van der Waals surface area contributed by atoms with Crippen molar-refractivity contribution in [2.75, 3.05) is 18.2 Å². The quantitative estimate of drug-likeness (QED) is 0.763. The minimum atomic E-state index is -0.792. The summed E-state index contributed by atoms with van der Waals surface area (Å²) in [4.78, 5) is 21.2. The maximum Gasteiger partial charge on any atom is 0.274 e. The van der Waals surface area contributed by atoms with E-state index in [1.165, 1.54) is 36.2 Å². The average molecular weight is 435 g/mol. The number of carbonyl (C=O) groups excluding carboxylic acids is 1. The van der Waals surface area contributed by atoms with Crippen molar-refractivity contribution in [1.29, 1.82) is 0 Å². The molecule has 3 atom stereocenters. The second-order valence-corrected chi connectivity index (χ2v) is 8.67. The van der Waals surface area contributed by atoms with E-state index in [2.05, 4.69) is 10.3 Å². The molecule has 6 nitrogen and oxygen atoms in total. The molecule has 2 heterocycles. The lowest BCUT2D eigenvalue weighted by Crippen LogP contribution is -2.37. The lowest BCUT2D eigenvalue weighted by molar-refractivity contribution is 0.101. The van der Waals surface area contributed by atoms with Gasteiger partial charge < -0.3 is 15.8 Å². The Morgan fingerprint density at radius 1 is 1.41 bits per heavy atom. The van der Waals surface area contributed by atoms with E-state index in [4.69, 9.17) is 27.1 Å². The van der Waals surface area contributed by atoms with Gasteiger partial charge in [-0.2, -0.15) is 0 Å². The van der Waals surface area contributed by atoms with E-state index in [1.807, 2.05) is 0 Å². The summed E-state index contributed by atoms with van der Waals surface area (Å²) in [5, 5.41) is 3.65. The first kappa shape index (κ1) is 20.1. The Morgan fingerprint density at radius 2 is 2.24 bits per heavy atom. The van der Waals surface area contributed by atoms with Crippen molar-refractivity contribution >= 4 is 40.1 Å². The Morgan fingerprint density at radius 3 is 2.97 bits per heavy atom. The van der Waals surface area contributed by atoms with E-state index in [-0.39, 0.29) is 23.5 Å². The van der Waals surface area contributed by atoms with Crippen LogP contribution in [-0.4, -0.2) is 35.0 Å². The van der Waals surface area contributed by atoms with E-state index < -0.39 is 11.4 Å². The molecule has 1 fully saturated rings. The molecule has 2 aromatic rings. The number of aromatic nitrogens is 1. The number of halogens is 2. The topological polar surface area (TPSA) is 89.6 Å². The molecule has 1 aliphatic heterocycles. The number of methoxy groups -OCH3 is 1. The van der Waals surface area contributed by atoms with Crippen molar-refractivity contribution < 1.29 is 13.9 Å². The molecule has 0 saturated heterocycles. The number of hydrogen-bond donors (Lipinski definition) is 2. The number of pyridine rings is 1. The number of hydrogen-bond acceptors (Lipinski definition) is 6. The van der Waals surface area contributed by atoms with Crippen molar-refractivity contribution in [1.82, 2.24) is 4.98 Å². The number of ether oxygens (including phenoxy) is 1. The number of nitrogens with one attached hydrogen (secondary N) is 1. The largest absolute Gasteiger partial charge is 0.381 e. The molecule has 1 saturated carbocycles. The fourth-order valence-corrected chi connectivity index (χ4v) is 5.20. The van der Waals surface area contributed by atoms with E-state index in [0.29, 0.717) is 27.9 Å². The van der Waals surface area contributed by atoms with Gasteiger partial charge in [0.2, 0.25) is 0 Å². The van der Waals surface area contributed by atoms with Gasteiger partial charge in [0, 0.05) is 42.6 Å². The number of amides is 1. The standard InChI is InChI=1S/C20H20ClFN4O2S/c1-28-14-6-11-10-29-19(23)26-20(11,8-14)15-7-13(3-4-16(15)22)25-18(27)17-5-2-12(21)9-24-17/h2-5,7,9,11,14H,6,8,10H2,1H3,(H2,23,26)(H,25,27)/t11-,14+,20-/m0/s1. The summed E-state index contributed by atoms with van der Waals surface area (Å²) in [5.41, 5.74) is 6.33. The van der Waals surface area contributed by atoms with Crippen LogP contribution in [0, 0.1) is 11.7 Å². The van der Waals surface area contributed by atoms with Crippen LogP contribution >= 0.6 is 23.4 Å². The predicted molar refractivity (Wildman–Crippen MR) is 113 cm³/mol. The zero-order chi connectivity index (χ0) is 20.6. The highest BCUT2D eigenvalue weighted by molar-refractivity contribution is 8.13. The molecule has 4 rings (SSSR count). The van der Waals surface area contributed by atoms with Gasteiger partial charge in [0.05, 0.1) is 16.7 Å². The van der Waals surface area contributed by atoms with Crippen LogP contribution in [-0.2, 0) is 10.3 Å². The Labute approximate surface area is 177 Å². The summed E-state index contributed by atoms with van der Waals surface area (Å²) in [5.74, 6) is 0.0672. The molecule has 0 bridgehead atoms. The van der Waals surface area contributed by atoms with Crippen LogP contribution in [0.5, 0.6) is 0 Å². The number of amidine groups is 1. The first-order valence-corrected chi connectivity index (χ1v) is 10.5. The zero-order valence-corrected chi connectivity index (χ0v) is 17.3. The number of fused-ring (bicyclic) bond motifs is 1. The molecule has 3 N–H and O–H groups in total. The third-order valence-electron chi connectivity index (χ3n) is 5.49. The van der Waals surface area contributed by atoms with E-state index >= 15 is 0 Å². The summed E-state index contributed by atoms with van der Waals surface area (Å²) in [6, 6.07) is 7.62. The molecule has 1 amide bonds. The highest BCUT2D eigenvalue weighted by Crippen LogP contribution is 2.52. The maximum absolute atomic E-state index is 15.0. The Hall–Kier alpha value is -2.16. The summed E-state index contributed by atoms with van der Waals surface area (Å²) in [6.45, 7) is 0. The van der Waals surface area contributed by atoms with Crippen molar-refractivity contribution in [3.8, 4) is 0 Å². The molecule has 0 unspecified atom stereocenters. The number of nitrogens with two attached hydrogens (primary N) is 1. The molecule has 9 heteroatoms. The Bertz CT molecular complexity index is 971. The van der Waals surface area contributed by atoms with Gasteiger partial charge in [-0.05, 0) is 36.8 Å². The lowest BCUT2D eigenvalue weighted by Gasteiger charge is -2.36. The van der Waals surface area contributed by atoms with Crippen LogP contribution < -0.4 is 11.1 Å². The van der Waals surface area contributed by atoms with Crippen LogP contribution in [0.3, 0.4) is 0 Å². The monoisotopic (exact) mass is 434 g/mol. The zero-order valence-electron chi connectivity index (χ0n) is 15.7. The van der Waals surface area contributed by atoms with E-state index in [1.54, 1.807) is 19.2 Å². The lowest BCUT2D eigenvalue weighted by atomic mass is 9.81. The Kier molecular flexibility index (Phi) is 5.50. The summed E-state index contributed by atoms with van der Waals surface area (Å²) < 4.78 is 20.5. The van der Waals surface area contributed by atoms with Gasteiger partial charge in [-0.25, -0.2) is 9.37 Å². The van der Waals surface area contributed by atoms with Gasteiger partial charge in [0.15, 0.2) is 5.17 Å². The van der Waals surface area contributed by atoms with Crippen molar-refractivity contribution in [3.05, 3.63) is 58.6 Å². The van der Waals surface area contributed by atoms with Crippen LogP contribution in [0.1, 0.15) is 28.9 Å². The number of nitrogens with zero attached hydrogens (tertiary/aromatic N) is 2. The first-order chi connectivity index (χ1) is 13.9. The molecule has 0 radical (unpaired) electrons. The van der Waals surface area contributed by atoms with Crippen LogP contribution in [0.25, 0.3) is 0 Å². The highest BCUT2D eigenvalue weighted by atomic mass is 35.5. The van der Waals surface area contributed by atoms with Crippen LogP contribution in [0.4, 0.5) is 10.1 Å². The van der Waals surface area contributed by atoms with Gasteiger partial charge >= 0.3 is 0 Å². The molecule has 2 aliphatic rings. The fraction of sp³-hybridized carbons (Fsp3) is 0.350. The van der Waals surface area contributed by atoms with Gasteiger partial charge in [0.1, 0.15) is 11.5 Å². The number of anilines is 1. The Balaban J connectivity index is 1.68. The average Bonchev–Trinajstić information content (AvgIpc) is 3.08. The third-order valence-corrected chi connectivity index (χ3v) is 6.67. The number of thioether (sulfide) groups is 1. The molecular formula is C20H20ClFN4O2S. The van der Waals surface area contributed by atoms with Gasteiger partial charge in [-0.3, -0.25) is 9.79 Å². The summed E-state index contributed by atoms with van der Waals surface area (Å²) >= 11 is 7.30. The normalized spacial score (nSPS) is 26.0. The minimum absolute atomic E-state index is 0.0221. The number of aliphatic imine (C=N–C) groups is 1. The van der Waals surface area contributed by atoms with E-state index in [0.717, 1.165) is 12.2 Å². The molecule has 0 spiro atoms. The third kappa shape index (κ3) is 3.84. The first-order valence-electron chi connectivity index (χ1n) is 9.15. The summed E-state index contributed by atoms with van der Waals surface area (Å²) in [6.07, 6.45) is 2.70. The summed E-state index contributed by atoms with van der Waals surface area (Å²) in [7, 11) is 1.65. The molecule has 152 valence electrons. The van der Waals surface area contributed by atoms with Crippen molar-refractivity contribution in [2.45, 2.75) is 24.5 Å². The fourth-order valence-electron chi connectivity index (χ4n) is 4.08. The maximum atomic E-state index is 15.0. The van der Waals surface area contributed by atoms with Gasteiger partial charge in [0.25, 0.3) is 5.91 Å². The SMILES string of the molecule is CO[C@@H]1C[C@H]2CSC(N)=N[C@@]2(c2cc(NC(=O)c3ccc(Cl)cn3)ccc2F)C1. The second-order valence-electron chi connectivity index (χ2n) is 7.19. The molecular weight excluding hydrogens is 415 g/mol. The number of carbonyl (C=O) groups is 1. The minimum Gasteiger partial charge on any atom is -0.381 e. The molecule has 1 aromatic carbocycles. The van der Waals surface area contributed by atoms with Crippen molar-refractivity contribution in [3.63, 3.8) is 0 Å². The van der Waals surface area contributed by atoms with Gasteiger partial charge in [-0.1, -0.05) is 23.4 Å². The smallest absolute Gasteiger partial charge is 0.274 e.